The molecule has 0 N–H and O–H groups in total. The van der Waals surface area contributed by atoms with Gasteiger partial charge in [0, 0.05) is 31.2 Å². The molecule has 1 aromatic carbocycles. The highest BCUT2D eigenvalue weighted by Crippen LogP contribution is 2.18. The van der Waals surface area contributed by atoms with E-state index < -0.39 is 0 Å². The number of carbonyl (C=O) groups is 1. The molecule has 0 spiro atoms. The number of ether oxygens (including phenoxy) is 1. The van der Waals surface area contributed by atoms with Crippen molar-refractivity contribution >= 4 is 5.91 Å². The lowest BCUT2D eigenvalue weighted by Gasteiger charge is -2.44. The van der Waals surface area contributed by atoms with Crippen LogP contribution < -0.4 is 0 Å². The molecule has 1 aliphatic rings. The monoisotopic (exact) mass is 330 g/mol. The van der Waals surface area contributed by atoms with Crippen LogP contribution in [0.3, 0.4) is 0 Å². The van der Waals surface area contributed by atoms with Gasteiger partial charge in [-0.15, -0.1) is 0 Å². The molecule has 1 amide bonds. The molecule has 4 nitrogen and oxygen atoms in total. The molecule has 132 valence electrons. The summed E-state index contributed by atoms with van der Waals surface area (Å²) in [7, 11) is 0. The number of nitrogens with zero attached hydrogens (tertiary/aromatic N) is 2. The van der Waals surface area contributed by atoms with Gasteiger partial charge in [-0.05, 0) is 45.7 Å². The van der Waals surface area contributed by atoms with Gasteiger partial charge in [-0.1, -0.05) is 30.3 Å². The van der Waals surface area contributed by atoms with E-state index in [1.54, 1.807) is 0 Å². The van der Waals surface area contributed by atoms with E-state index >= 15 is 0 Å². The maximum atomic E-state index is 12.3. The molecule has 0 radical (unpaired) electrons. The predicted octanol–water partition coefficient (Wildman–Crippen LogP) is 3.09. The van der Waals surface area contributed by atoms with Crippen molar-refractivity contribution in [2.45, 2.75) is 45.7 Å². The lowest BCUT2D eigenvalue weighted by Crippen LogP contribution is -2.58. The number of aryl methyl sites for hydroxylation is 1. The first-order valence-electron chi connectivity index (χ1n) is 9.00. The van der Waals surface area contributed by atoms with Crippen LogP contribution in [0.4, 0.5) is 0 Å². The quantitative estimate of drug-likeness (QED) is 0.569. The molecular formula is C20H30N2O2. The fourth-order valence-electron chi connectivity index (χ4n) is 3.26. The van der Waals surface area contributed by atoms with Crippen LogP contribution in [0.1, 0.15) is 32.8 Å². The molecule has 24 heavy (non-hydrogen) atoms. The SMILES string of the molecule is CCOC=CC(=O)N1CCN(CCCc2ccccc2)[C@H](C)[C@H]1C. The fourth-order valence-corrected chi connectivity index (χ4v) is 3.26. The summed E-state index contributed by atoms with van der Waals surface area (Å²) in [6.07, 6.45) is 5.31. The van der Waals surface area contributed by atoms with Crippen LogP contribution in [-0.4, -0.2) is 54.0 Å². The maximum Gasteiger partial charge on any atom is 0.249 e. The Morgan fingerprint density at radius 1 is 1.21 bits per heavy atom. The molecule has 1 aromatic rings. The average molecular weight is 330 g/mol. The molecule has 1 fully saturated rings. The number of hydrogen-bond acceptors (Lipinski definition) is 3. The van der Waals surface area contributed by atoms with Crippen molar-refractivity contribution in [1.29, 1.82) is 0 Å². The highest BCUT2D eigenvalue weighted by atomic mass is 16.5. The van der Waals surface area contributed by atoms with Gasteiger partial charge in [-0.2, -0.15) is 0 Å². The van der Waals surface area contributed by atoms with E-state index in [2.05, 4.69) is 49.1 Å². The smallest absolute Gasteiger partial charge is 0.249 e. The second-order valence-corrected chi connectivity index (χ2v) is 6.40. The zero-order valence-electron chi connectivity index (χ0n) is 15.1. The van der Waals surface area contributed by atoms with Gasteiger partial charge in [-0.3, -0.25) is 9.69 Å². The number of benzene rings is 1. The third-order valence-corrected chi connectivity index (χ3v) is 4.90. The summed E-state index contributed by atoms with van der Waals surface area (Å²) < 4.78 is 5.13. The Kier molecular flexibility index (Phi) is 7.32. The summed E-state index contributed by atoms with van der Waals surface area (Å²) in [5.74, 6) is 0.0479. The molecule has 1 aliphatic heterocycles. The van der Waals surface area contributed by atoms with Gasteiger partial charge in [0.25, 0.3) is 0 Å². The summed E-state index contributed by atoms with van der Waals surface area (Å²) in [6.45, 7) is 9.66. The molecule has 2 atom stereocenters. The van der Waals surface area contributed by atoms with Crippen LogP contribution in [0.25, 0.3) is 0 Å². The normalized spacial score (nSPS) is 22.0. The Bertz CT molecular complexity index is 530. The molecule has 0 aromatic heterocycles. The summed E-state index contributed by atoms with van der Waals surface area (Å²) in [6, 6.07) is 11.2. The van der Waals surface area contributed by atoms with Crippen LogP contribution >= 0.6 is 0 Å². The molecule has 2 rings (SSSR count). The first kappa shape index (κ1) is 18.5. The van der Waals surface area contributed by atoms with Crippen LogP contribution in [0.5, 0.6) is 0 Å². The summed E-state index contributed by atoms with van der Waals surface area (Å²) in [4.78, 5) is 16.7. The first-order chi connectivity index (χ1) is 11.6. The zero-order valence-corrected chi connectivity index (χ0v) is 15.1. The molecule has 4 heteroatoms. The molecule has 0 unspecified atom stereocenters. The van der Waals surface area contributed by atoms with Crippen molar-refractivity contribution < 1.29 is 9.53 Å². The van der Waals surface area contributed by atoms with Crippen molar-refractivity contribution in [1.82, 2.24) is 9.80 Å². The number of hydrogen-bond donors (Lipinski definition) is 0. The van der Waals surface area contributed by atoms with Crippen molar-refractivity contribution in [2.75, 3.05) is 26.2 Å². The number of rotatable bonds is 7. The molecule has 0 aliphatic carbocycles. The topological polar surface area (TPSA) is 32.8 Å². The van der Waals surface area contributed by atoms with Crippen LogP contribution in [0.2, 0.25) is 0 Å². The second kappa shape index (κ2) is 9.48. The van der Waals surface area contributed by atoms with Gasteiger partial charge in [0.1, 0.15) is 0 Å². The Balaban J connectivity index is 1.81. The van der Waals surface area contributed by atoms with Crippen LogP contribution in [-0.2, 0) is 16.0 Å². The molecule has 1 heterocycles. The van der Waals surface area contributed by atoms with Crippen molar-refractivity contribution in [2.24, 2.45) is 0 Å². The lowest BCUT2D eigenvalue weighted by atomic mass is 10.0. The number of amides is 1. The Hall–Kier alpha value is -1.81. The first-order valence-corrected chi connectivity index (χ1v) is 9.00. The molecule has 0 bridgehead atoms. The van der Waals surface area contributed by atoms with E-state index in [1.165, 1.54) is 17.9 Å². The highest BCUT2D eigenvalue weighted by molar-refractivity contribution is 5.87. The Morgan fingerprint density at radius 3 is 2.67 bits per heavy atom. The van der Waals surface area contributed by atoms with E-state index in [9.17, 15) is 4.79 Å². The summed E-state index contributed by atoms with van der Waals surface area (Å²) in [5.41, 5.74) is 1.40. The summed E-state index contributed by atoms with van der Waals surface area (Å²) >= 11 is 0. The van der Waals surface area contributed by atoms with Gasteiger partial charge < -0.3 is 9.64 Å². The van der Waals surface area contributed by atoms with Gasteiger partial charge >= 0.3 is 0 Å². The minimum absolute atomic E-state index is 0.0479. The van der Waals surface area contributed by atoms with E-state index in [0.717, 1.165) is 32.5 Å². The highest BCUT2D eigenvalue weighted by Gasteiger charge is 2.32. The van der Waals surface area contributed by atoms with Crippen LogP contribution in [0, 0.1) is 0 Å². The zero-order chi connectivity index (χ0) is 17.4. The lowest BCUT2D eigenvalue weighted by molar-refractivity contribution is -0.132. The van der Waals surface area contributed by atoms with Gasteiger partial charge in [0.05, 0.1) is 12.9 Å². The summed E-state index contributed by atoms with van der Waals surface area (Å²) in [5, 5.41) is 0. The predicted molar refractivity (Wildman–Crippen MR) is 97.7 cm³/mol. The maximum absolute atomic E-state index is 12.3. The van der Waals surface area contributed by atoms with Gasteiger partial charge in [0.2, 0.25) is 5.91 Å². The second-order valence-electron chi connectivity index (χ2n) is 6.40. The van der Waals surface area contributed by atoms with E-state index in [1.807, 2.05) is 11.8 Å². The van der Waals surface area contributed by atoms with Crippen molar-refractivity contribution in [3.05, 3.63) is 48.2 Å². The third-order valence-electron chi connectivity index (χ3n) is 4.90. The van der Waals surface area contributed by atoms with E-state index in [4.69, 9.17) is 4.74 Å². The number of piperazine rings is 1. The minimum Gasteiger partial charge on any atom is -0.501 e. The van der Waals surface area contributed by atoms with Gasteiger partial charge in [-0.25, -0.2) is 0 Å². The molecule has 1 saturated heterocycles. The van der Waals surface area contributed by atoms with Crippen molar-refractivity contribution in [3.8, 4) is 0 Å². The standard InChI is InChI=1S/C20H30N2O2/c1-4-24-16-12-20(23)22-15-14-21(17(2)18(22)3)13-8-11-19-9-6-5-7-10-19/h5-7,9-10,12,16-18H,4,8,11,13-15H2,1-3H3/t17-,18-/m1/s1. The number of carbonyl (C=O) groups excluding carboxylic acids is 1. The average Bonchev–Trinajstić information content (AvgIpc) is 2.60. The third kappa shape index (κ3) is 5.10. The van der Waals surface area contributed by atoms with E-state index in [-0.39, 0.29) is 11.9 Å². The molecule has 0 saturated carbocycles. The Labute approximate surface area is 146 Å². The Morgan fingerprint density at radius 2 is 1.96 bits per heavy atom. The fraction of sp³-hybridized carbons (Fsp3) is 0.550. The van der Waals surface area contributed by atoms with Gasteiger partial charge in [0.15, 0.2) is 0 Å². The van der Waals surface area contributed by atoms with Crippen LogP contribution in [0.15, 0.2) is 42.7 Å². The van der Waals surface area contributed by atoms with Crippen molar-refractivity contribution in [3.63, 3.8) is 0 Å². The minimum atomic E-state index is 0.0479. The molecular weight excluding hydrogens is 300 g/mol. The van der Waals surface area contributed by atoms with E-state index in [0.29, 0.717) is 12.6 Å². The largest absolute Gasteiger partial charge is 0.501 e.